The van der Waals surface area contributed by atoms with Gasteiger partial charge in [0.2, 0.25) is 0 Å². The average molecular weight is 178 g/mol. The SMILES string of the molecule is O=C([O-])C(=O)C1CCCCC1.[Na+]. The summed E-state index contributed by atoms with van der Waals surface area (Å²) in [7, 11) is 0. The summed E-state index contributed by atoms with van der Waals surface area (Å²) in [4.78, 5) is 21.0. The summed E-state index contributed by atoms with van der Waals surface area (Å²) in [6.45, 7) is 0. The second-order valence-corrected chi connectivity index (χ2v) is 2.99. The van der Waals surface area contributed by atoms with Gasteiger partial charge in [0.25, 0.3) is 0 Å². The Balaban J connectivity index is 0.00000121. The van der Waals surface area contributed by atoms with Gasteiger partial charge in [0, 0.05) is 5.92 Å². The first-order valence-electron chi connectivity index (χ1n) is 3.97. The molecule has 0 aromatic heterocycles. The van der Waals surface area contributed by atoms with Crippen molar-refractivity contribution in [3.05, 3.63) is 0 Å². The van der Waals surface area contributed by atoms with Gasteiger partial charge >= 0.3 is 29.6 Å². The molecule has 0 bridgehead atoms. The van der Waals surface area contributed by atoms with E-state index >= 15 is 0 Å². The van der Waals surface area contributed by atoms with Crippen molar-refractivity contribution in [3.8, 4) is 0 Å². The fraction of sp³-hybridized carbons (Fsp3) is 0.750. The maximum absolute atomic E-state index is 10.8. The largest absolute Gasteiger partial charge is 1.00 e. The van der Waals surface area contributed by atoms with Crippen LogP contribution in [0.5, 0.6) is 0 Å². The third-order valence-electron chi connectivity index (χ3n) is 2.18. The average Bonchev–Trinajstić information content (AvgIpc) is 2.05. The molecule has 0 radical (unpaired) electrons. The number of Topliss-reactive ketones (excluding diaryl/α,β-unsaturated/α-hetero) is 1. The van der Waals surface area contributed by atoms with Crippen LogP contribution in [0.4, 0.5) is 0 Å². The van der Waals surface area contributed by atoms with Crippen molar-refractivity contribution in [2.75, 3.05) is 0 Å². The van der Waals surface area contributed by atoms with Crippen LogP contribution in [0.2, 0.25) is 0 Å². The van der Waals surface area contributed by atoms with Crippen molar-refractivity contribution < 1.29 is 44.3 Å². The molecular weight excluding hydrogens is 167 g/mol. The van der Waals surface area contributed by atoms with Crippen LogP contribution in [-0.4, -0.2) is 11.8 Å². The van der Waals surface area contributed by atoms with E-state index in [1.165, 1.54) is 0 Å². The van der Waals surface area contributed by atoms with Gasteiger partial charge in [0.15, 0.2) is 5.78 Å². The first kappa shape index (κ1) is 12.1. The van der Waals surface area contributed by atoms with E-state index in [1.54, 1.807) is 0 Å². The summed E-state index contributed by atoms with van der Waals surface area (Å²) in [6, 6.07) is 0. The van der Waals surface area contributed by atoms with Crippen LogP contribution in [0.25, 0.3) is 0 Å². The van der Waals surface area contributed by atoms with Crippen LogP contribution in [0.1, 0.15) is 32.1 Å². The second kappa shape index (κ2) is 5.73. The molecule has 0 aliphatic heterocycles. The molecule has 0 spiro atoms. The molecule has 0 saturated heterocycles. The van der Waals surface area contributed by atoms with E-state index in [0.29, 0.717) is 0 Å². The second-order valence-electron chi connectivity index (χ2n) is 2.99. The molecule has 0 unspecified atom stereocenters. The minimum absolute atomic E-state index is 0. The first-order chi connectivity index (χ1) is 5.22. The number of rotatable bonds is 2. The fourth-order valence-electron chi connectivity index (χ4n) is 1.53. The van der Waals surface area contributed by atoms with Crippen molar-refractivity contribution in [1.82, 2.24) is 0 Å². The van der Waals surface area contributed by atoms with E-state index in [0.717, 1.165) is 32.1 Å². The van der Waals surface area contributed by atoms with Gasteiger partial charge in [0.05, 0.1) is 0 Å². The summed E-state index contributed by atoms with van der Waals surface area (Å²) >= 11 is 0. The first-order valence-corrected chi connectivity index (χ1v) is 3.97. The molecule has 1 fully saturated rings. The van der Waals surface area contributed by atoms with Crippen molar-refractivity contribution in [2.24, 2.45) is 5.92 Å². The van der Waals surface area contributed by atoms with E-state index in [4.69, 9.17) is 0 Å². The fourth-order valence-corrected chi connectivity index (χ4v) is 1.53. The third-order valence-corrected chi connectivity index (χ3v) is 2.18. The number of carbonyl (C=O) groups excluding carboxylic acids is 2. The van der Waals surface area contributed by atoms with Crippen LogP contribution >= 0.6 is 0 Å². The van der Waals surface area contributed by atoms with E-state index in [2.05, 4.69) is 0 Å². The quantitative estimate of drug-likeness (QED) is 0.332. The molecule has 1 aliphatic rings. The van der Waals surface area contributed by atoms with Crippen LogP contribution in [0.3, 0.4) is 0 Å². The number of hydrogen-bond donors (Lipinski definition) is 0. The summed E-state index contributed by atoms with van der Waals surface area (Å²) in [5, 5.41) is 10.1. The van der Waals surface area contributed by atoms with Crippen molar-refractivity contribution >= 4 is 11.8 Å². The minimum Gasteiger partial charge on any atom is -0.542 e. The smallest absolute Gasteiger partial charge is 0.542 e. The maximum atomic E-state index is 10.8. The summed E-state index contributed by atoms with van der Waals surface area (Å²) < 4.78 is 0. The molecule has 0 N–H and O–H groups in total. The van der Waals surface area contributed by atoms with Crippen LogP contribution in [0.15, 0.2) is 0 Å². The zero-order valence-corrected chi connectivity index (χ0v) is 9.34. The Bertz CT molecular complexity index is 173. The molecule has 0 heterocycles. The van der Waals surface area contributed by atoms with Gasteiger partial charge in [0.1, 0.15) is 5.97 Å². The standard InChI is InChI=1S/C8H12O3.Na/c9-7(8(10)11)6-4-2-1-3-5-6;/h6H,1-5H2,(H,10,11);/q;+1/p-1. The molecule has 12 heavy (non-hydrogen) atoms. The minimum atomic E-state index is -1.52. The number of carboxylic acids is 1. The molecular formula is C8H11NaO3. The van der Waals surface area contributed by atoms with Crippen LogP contribution < -0.4 is 34.7 Å². The van der Waals surface area contributed by atoms with E-state index in [-0.39, 0.29) is 35.5 Å². The Morgan fingerprint density at radius 2 is 1.58 bits per heavy atom. The van der Waals surface area contributed by atoms with Gasteiger partial charge in [-0.05, 0) is 12.8 Å². The number of ketones is 1. The van der Waals surface area contributed by atoms with Crippen LogP contribution in [-0.2, 0) is 9.59 Å². The molecule has 1 rings (SSSR count). The number of carbonyl (C=O) groups is 2. The van der Waals surface area contributed by atoms with Crippen molar-refractivity contribution in [3.63, 3.8) is 0 Å². The number of hydrogen-bond acceptors (Lipinski definition) is 3. The normalized spacial score (nSPS) is 18.0. The molecule has 0 atom stereocenters. The zero-order valence-electron chi connectivity index (χ0n) is 7.34. The zero-order chi connectivity index (χ0) is 8.27. The topological polar surface area (TPSA) is 57.2 Å². The molecule has 3 nitrogen and oxygen atoms in total. The molecule has 4 heteroatoms. The number of carboxylic acid groups (broad SMARTS) is 1. The van der Waals surface area contributed by atoms with Crippen LogP contribution in [0, 0.1) is 5.92 Å². The number of aliphatic carboxylic acids is 1. The van der Waals surface area contributed by atoms with Gasteiger partial charge in [-0.1, -0.05) is 19.3 Å². The molecule has 1 aliphatic carbocycles. The van der Waals surface area contributed by atoms with E-state index in [9.17, 15) is 14.7 Å². The Kier molecular flexibility index (Phi) is 5.80. The Hall–Kier alpha value is 0.140. The van der Waals surface area contributed by atoms with E-state index in [1.807, 2.05) is 0 Å². The van der Waals surface area contributed by atoms with Crippen molar-refractivity contribution in [1.29, 1.82) is 0 Å². The summed E-state index contributed by atoms with van der Waals surface area (Å²) in [5.74, 6) is -2.48. The van der Waals surface area contributed by atoms with E-state index < -0.39 is 11.8 Å². The molecule has 0 aromatic rings. The van der Waals surface area contributed by atoms with Gasteiger partial charge in [-0.15, -0.1) is 0 Å². The van der Waals surface area contributed by atoms with Gasteiger partial charge in [-0.25, -0.2) is 0 Å². The molecule has 0 amide bonds. The predicted molar refractivity (Wildman–Crippen MR) is 36.6 cm³/mol. The van der Waals surface area contributed by atoms with Crippen molar-refractivity contribution in [2.45, 2.75) is 32.1 Å². The third kappa shape index (κ3) is 3.25. The molecule has 0 aromatic carbocycles. The predicted octanol–water partition coefficient (Wildman–Crippen LogP) is -3.11. The summed E-state index contributed by atoms with van der Waals surface area (Å²) in [6.07, 6.45) is 4.53. The summed E-state index contributed by atoms with van der Waals surface area (Å²) in [5.41, 5.74) is 0. The Morgan fingerprint density at radius 3 is 2.00 bits per heavy atom. The monoisotopic (exact) mass is 178 g/mol. The maximum Gasteiger partial charge on any atom is 1.00 e. The van der Waals surface area contributed by atoms with Gasteiger partial charge in [-0.3, -0.25) is 4.79 Å². The molecule has 62 valence electrons. The van der Waals surface area contributed by atoms with Gasteiger partial charge in [-0.2, -0.15) is 0 Å². The Morgan fingerprint density at radius 1 is 1.08 bits per heavy atom. The van der Waals surface area contributed by atoms with Gasteiger partial charge < -0.3 is 9.90 Å². The Labute approximate surface area is 93.8 Å². The molecule has 1 saturated carbocycles.